The molecule has 1 aliphatic rings. The molecular weight excluding hydrogens is 475 g/mol. The molecule has 1 aromatic heterocycles. The van der Waals surface area contributed by atoms with Crippen LogP contribution < -0.4 is 9.62 Å². The minimum absolute atomic E-state index is 0.0466. The summed E-state index contributed by atoms with van der Waals surface area (Å²) in [6.07, 6.45) is -2.50. The van der Waals surface area contributed by atoms with Crippen LogP contribution >= 0.6 is 0 Å². The number of halogens is 3. The number of benzene rings is 1. The molecule has 35 heavy (non-hydrogen) atoms. The normalized spacial score (nSPS) is 16.1. The van der Waals surface area contributed by atoms with Crippen LogP contribution in [0.5, 0.6) is 0 Å². The maximum atomic E-state index is 13.7. The fraction of sp³-hybridized carbons (Fsp3) is 0.577. The van der Waals surface area contributed by atoms with Crippen LogP contribution in [0.3, 0.4) is 0 Å². The highest BCUT2D eigenvalue weighted by molar-refractivity contribution is 7.89. The van der Waals surface area contributed by atoms with E-state index in [-0.39, 0.29) is 23.8 Å². The number of nitrogens with zero attached hydrogens (tertiary/aromatic N) is 2. The highest BCUT2D eigenvalue weighted by Crippen LogP contribution is 2.35. The van der Waals surface area contributed by atoms with Gasteiger partial charge in [0.15, 0.2) is 0 Å². The number of piperidine rings is 1. The van der Waals surface area contributed by atoms with Crippen LogP contribution in [0, 0.1) is 0 Å². The lowest BCUT2D eigenvalue weighted by atomic mass is 9.89. The van der Waals surface area contributed by atoms with Gasteiger partial charge in [-0.15, -0.1) is 0 Å². The number of anilines is 1. The number of aromatic nitrogens is 1. The Morgan fingerprint density at radius 2 is 1.49 bits per heavy atom. The number of pyridine rings is 1. The van der Waals surface area contributed by atoms with Crippen molar-refractivity contribution >= 4 is 15.8 Å². The zero-order chi connectivity index (χ0) is 26.1. The summed E-state index contributed by atoms with van der Waals surface area (Å²) in [7, 11) is -3.77. The average molecular weight is 512 g/mol. The summed E-state index contributed by atoms with van der Waals surface area (Å²) in [6, 6.07) is 6.19. The molecule has 3 rings (SSSR count). The molecule has 1 aromatic carbocycles. The highest BCUT2D eigenvalue weighted by Gasteiger charge is 2.32. The Labute approximate surface area is 207 Å². The van der Waals surface area contributed by atoms with Crippen LogP contribution in [0.15, 0.2) is 35.4 Å². The Kier molecular flexibility index (Phi) is 8.21. The standard InChI is InChI=1S/C26H36F3N3O2S/c1-16(2)19-13-22(17(3)4)25(23(14-19)18(5)6)35(33,34)31-21-9-11-32(12-10-21)24-8-7-20(15-30-24)26(27,28)29/h7-8,13-18,21,31H,9-12H2,1-6H3. The van der Waals surface area contributed by atoms with Crippen molar-refractivity contribution < 1.29 is 21.6 Å². The molecule has 2 heterocycles. The van der Waals surface area contributed by atoms with E-state index in [2.05, 4.69) is 23.6 Å². The number of hydrogen-bond donors (Lipinski definition) is 1. The predicted molar refractivity (Wildman–Crippen MR) is 134 cm³/mol. The van der Waals surface area contributed by atoms with E-state index < -0.39 is 21.8 Å². The third-order valence-electron chi connectivity index (χ3n) is 6.56. The third-order valence-corrected chi connectivity index (χ3v) is 8.22. The minimum Gasteiger partial charge on any atom is -0.357 e. The Balaban J connectivity index is 1.79. The van der Waals surface area contributed by atoms with Crippen molar-refractivity contribution in [1.82, 2.24) is 9.71 Å². The molecule has 1 N–H and O–H groups in total. The third kappa shape index (κ3) is 6.36. The van der Waals surface area contributed by atoms with Crippen LogP contribution in [0.1, 0.15) is 94.4 Å². The van der Waals surface area contributed by atoms with Crippen molar-refractivity contribution in [3.8, 4) is 0 Å². The first-order chi connectivity index (χ1) is 16.2. The number of sulfonamides is 1. The fourth-order valence-corrected chi connectivity index (χ4v) is 6.45. The number of nitrogens with one attached hydrogen (secondary N) is 1. The molecule has 0 aliphatic carbocycles. The quantitative estimate of drug-likeness (QED) is 0.466. The van der Waals surface area contributed by atoms with Gasteiger partial charge in [0, 0.05) is 25.3 Å². The summed E-state index contributed by atoms with van der Waals surface area (Å²) >= 11 is 0. The Morgan fingerprint density at radius 3 is 1.89 bits per heavy atom. The molecule has 9 heteroatoms. The second kappa shape index (κ2) is 10.5. The molecule has 0 atom stereocenters. The van der Waals surface area contributed by atoms with Gasteiger partial charge in [0.05, 0.1) is 10.5 Å². The van der Waals surface area contributed by atoms with Gasteiger partial charge >= 0.3 is 6.18 Å². The Morgan fingerprint density at radius 1 is 0.943 bits per heavy atom. The number of rotatable bonds is 7. The van der Waals surface area contributed by atoms with E-state index in [9.17, 15) is 21.6 Å². The topological polar surface area (TPSA) is 62.3 Å². The van der Waals surface area contributed by atoms with Crippen molar-refractivity contribution in [3.63, 3.8) is 0 Å². The van der Waals surface area contributed by atoms with Crippen LogP contribution in [0.4, 0.5) is 19.0 Å². The maximum absolute atomic E-state index is 13.7. The highest BCUT2D eigenvalue weighted by atomic mass is 32.2. The van der Waals surface area contributed by atoms with Crippen molar-refractivity contribution in [2.75, 3.05) is 18.0 Å². The Hall–Kier alpha value is -2.13. The van der Waals surface area contributed by atoms with Crippen LogP contribution in [0.2, 0.25) is 0 Å². The summed E-state index contributed by atoms with van der Waals surface area (Å²) in [5, 5.41) is 0. The molecule has 1 fully saturated rings. The first-order valence-corrected chi connectivity index (χ1v) is 13.7. The van der Waals surface area contributed by atoms with Gasteiger partial charge < -0.3 is 4.90 Å². The van der Waals surface area contributed by atoms with Gasteiger partial charge in [0.1, 0.15) is 5.82 Å². The minimum atomic E-state index is -4.42. The number of hydrogen-bond acceptors (Lipinski definition) is 4. The van der Waals surface area contributed by atoms with Gasteiger partial charge in [0.25, 0.3) is 0 Å². The molecule has 0 spiro atoms. The predicted octanol–water partition coefficient (Wildman–Crippen LogP) is 6.42. The molecule has 0 radical (unpaired) electrons. The molecule has 0 bridgehead atoms. The summed E-state index contributed by atoms with van der Waals surface area (Å²) in [6.45, 7) is 13.3. The SMILES string of the molecule is CC(C)c1cc(C(C)C)c(S(=O)(=O)NC2CCN(c3ccc(C(F)(F)F)cn3)CC2)c(C(C)C)c1. The monoisotopic (exact) mass is 511 g/mol. The first kappa shape index (κ1) is 27.5. The van der Waals surface area contributed by atoms with Gasteiger partial charge in [-0.1, -0.05) is 53.7 Å². The van der Waals surface area contributed by atoms with Gasteiger partial charge in [-0.25, -0.2) is 18.1 Å². The van der Waals surface area contributed by atoms with E-state index in [4.69, 9.17) is 0 Å². The lowest BCUT2D eigenvalue weighted by Crippen LogP contribution is -2.45. The van der Waals surface area contributed by atoms with E-state index in [1.165, 1.54) is 6.07 Å². The smallest absolute Gasteiger partial charge is 0.357 e. The van der Waals surface area contributed by atoms with Crippen LogP contribution in [-0.2, 0) is 16.2 Å². The molecular formula is C26H36F3N3O2S. The lowest BCUT2D eigenvalue weighted by molar-refractivity contribution is -0.137. The van der Waals surface area contributed by atoms with Gasteiger partial charge in [0.2, 0.25) is 10.0 Å². The summed E-state index contributed by atoms with van der Waals surface area (Å²) in [5.74, 6) is 0.848. The summed E-state index contributed by atoms with van der Waals surface area (Å²) in [5.41, 5.74) is 2.01. The van der Waals surface area contributed by atoms with E-state index in [1.807, 2.05) is 44.7 Å². The van der Waals surface area contributed by atoms with Gasteiger partial charge in [-0.2, -0.15) is 13.2 Å². The second-order valence-electron chi connectivity index (χ2n) is 10.3. The van der Waals surface area contributed by atoms with Crippen LogP contribution in [0.25, 0.3) is 0 Å². The Bertz CT molecular complexity index is 1090. The molecule has 1 aliphatic heterocycles. The molecule has 0 saturated carbocycles. The first-order valence-electron chi connectivity index (χ1n) is 12.2. The van der Waals surface area contributed by atoms with E-state index in [0.29, 0.717) is 36.6 Å². The van der Waals surface area contributed by atoms with E-state index in [0.717, 1.165) is 29.0 Å². The summed E-state index contributed by atoms with van der Waals surface area (Å²) in [4.78, 5) is 6.25. The van der Waals surface area contributed by atoms with Crippen LogP contribution in [-0.4, -0.2) is 32.5 Å². The van der Waals surface area contributed by atoms with Crippen molar-refractivity contribution in [2.24, 2.45) is 0 Å². The van der Waals surface area contributed by atoms with Crippen molar-refractivity contribution in [2.45, 2.75) is 89.3 Å². The summed E-state index contributed by atoms with van der Waals surface area (Å²) < 4.78 is 68.7. The molecule has 0 amide bonds. The molecule has 5 nitrogen and oxygen atoms in total. The molecule has 0 unspecified atom stereocenters. The van der Waals surface area contributed by atoms with Crippen molar-refractivity contribution in [1.29, 1.82) is 0 Å². The van der Waals surface area contributed by atoms with E-state index in [1.54, 1.807) is 0 Å². The largest absolute Gasteiger partial charge is 0.417 e. The average Bonchev–Trinajstić information content (AvgIpc) is 2.77. The molecule has 2 aromatic rings. The van der Waals surface area contributed by atoms with Gasteiger partial charge in [-0.3, -0.25) is 0 Å². The second-order valence-corrected chi connectivity index (χ2v) is 11.9. The van der Waals surface area contributed by atoms with Crippen molar-refractivity contribution in [3.05, 3.63) is 52.7 Å². The zero-order valence-corrected chi connectivity index (χ0v) is 22.1. The van der Waals surface area contributed by atoms with E-state index >= 15 is 0 Å². The lowest BCUT2D eigenvalue weighted by Gasteiger charge is -2.33. The molecule has 194 valence electrons. The van der Waals surface area contributed by atoms with Gasteiger partial charge in [-0.05, 0) is 59.4 Å². The number of alkyl halides is 3. The fourth-order valence-electron chi connectivity index (χ4n) is 4.45. The zero-order valence-electron chi connectivity index (χ0n) is 21.3. The maximum Gasteiger partial charge on any atom is 0.417 e. The molecule has 1 saturated heterocycles.